The molecule has 0 aliphatic heterocycles. The minimum absolute atomic E-state index is 0.140. The summed E-state index contributed by atoms with van der Waals surface area (Å²) in [4.78, 5) is 17.0. The van der Waals surface area contributed by atoms with Gasteiger partial charge in [-0.3, -0.25) is 15.1 Å². The molecule has 2 atom stereocenters. The highest BCUT2D eigenvalue weighted by molar-refractivity contribution is 5.90. The summed E-state index contributed by atoms with van der Waals surface area (Å²) in [6.07, 6.45) is -1.26. The topological polar surface area (TPSA) is 145 Å². The molecule has 0 aliphatic carbocycles. The summed E-state index contributed by atoms with van der Waals surface area (Å²) in [5.41, 5.74) is 8.53. The second kappa shape index (κ2) is 6.14. The molecule has 2 N–H and O–H groups in total. The Morgan fingerprint density at radius 2 is 2.19 bits per heavy atom. The lowest BCUT2D eigenvalue weighted by molar-refractivity contribution is -0.383. The zero-order chi connectivity index (χ0) is 15.4. The molecule has 1 heterocycles. The van der Waals surface area contributed by atoms with Crippen LogP contribution in [0.5, 0.6) is 0 Å². The third-order valence-corrected chi connectivity index (χ3v) is 2.99. The van der Waals surface area contributed by atoms with Crippen molar-refractivity contribution in [1.82, 2.24) is 4.98 Å². The van der Waals surface area contributed by atoms with E-state index in [1.54, 1.807) is 6.07 Å². The molecule has 108 valence electrons. The Balaban J connectivity index is 2.53. The monoisotopic (exact) mass is 289 g/mol. The van der Waals surface area contributed by atoms with Gasteiger partial charge in [0.05, 0.1) is 28.5 Å². The molecule has 0 spiro atoms. The largest absolute Gasteiger partial charge is 0.390 e. The number of nitro benzene ring substituents is 1. The van der Waals surface area contributed by atoms with E-state index in [1.807, 2.05) is 0 Å². The number of azide groups is 1. The number of fused-ring (bicyclic) bond motifs is 1. The van der Waals surface area contributed by atoms with Crippen molar-refractivity contribution in [3.8, 4) is 0 Å². The molecule has 0 saturated carbocycles. The van der Waals surface area contributed by atoms with Crippen LogP contribution >= 0.6 is 0 Å². The summed E-state index contributed by atoms with van der Waals surface area (Å²) in [5.74, 6) is 0. The lowest BCUT2D eigenvalue weighted by Gasteiger charge is -2.17. The first-order valence-corrected chi connectivity index (χ1v) is 5.95. The van der Waals surface area contributed by atoms with Crippen molar-refractivity contribution in [2.45, 2.75) is 12.2 Å². The third kappa shape index (κ3) is 2.90. The van der Waals surface area contributed by atoms with E-state index in [4.69, 9.17) is 5.53 Å². The number of aliphatic hydroxyl groups is 2. The maximum Gasteiger partial charge on any atom is 0.278 e. The fourth-order valence-corrected chi connectivity index (χ4v) is 2.00. The fourth-order valence-electron chi connectivity index (χ4n) is 2.00. The second-order valence-corrected chi connectivity index (χ2v) is 4.26. The maximum absolute atomic E-state index is 11.0. The minimum Gasteiger partial charge on any atom is -0.390 e. The number of hydrogen-bond donors (Lipinski definition) is 2. The maximum atomic E-state index is 11.0. The van der Waals surface area contributed by atoms with E-state index in [-0.39, 0.29) is 28.7 Å². The third-order valence-electron chi connectivity index (χ3n) is 2.99. The molecule has 0 radical (unpaired) electrons. The highest BCUT2D eigenvalue weighted by Crippen LogP contribution is 2.31. The smallest absolute Gasteiger partial charge is 0.278 e. The Morgan fingerprint density at radius 3 is 2.86 bits per heavy atom. The van der Waals surface area contributed by atoms with Crippen LogP contribution in [-0.2, 0) is 0 Å². The predicted molar refractivity (Wildman–Crippen MR) is 73.4 cm³/mol. The molecule has 0 fully saturated rings. The molecule has 2 aromatic rings. The van der Waals surface area contributed by atoms with Crippen LogP contribution in [-0.4, -0.2) is 32.8 Å². The van der Waals surface area contributed by atoms with Crippen LogP contribution in [0.2, 0.25) is 0 Å². The first-order valence-electron chi connectivity index (χ1n) is 5.95. The van der Waals surface area contributed by atoms with Gasteiger partial charge in [-0.1, -0.05) is 5.11 Å². The first kappa shape index (κ1) is 14.7. The van der Waals surface area contributed by atoms with E-state index < -0.39 is 17.1 Å². The molecule has 1 aromatic carbocycles. The molecule has 9 nitrogen and oxygen atoms in total. The van der Waals surface area contributed by atoms with E-state index in [0.29, 0.717) is 0 Å². The summed E-state index contributed by atoms with van der Waals surface area (Å²) >= 11 is 0. The van der Waals surface area contributed by atoms with Crippen molar-refractivity contribution in [1.29, 1.82) is 0 Å². The highest BCUT2D eigenvalue weighted by Gasteiger charge is 2.23. The molecular formula is C12H11N5O4. The SMILES string of the molecule is [N-]=[N+]=NCC(O)C(O)c1ccc([N+](=O)[O-])c2cccnc12. The normalized spacial score (nSPS) is 13.4. The Labute approximate surface area is 118 Å². The molecule has 2 rings (SSSR count). The van der Waals surface area contributed by atoms with E-state index in [2.05, 4.69) is 15.0 Å². The van der Waals surface area contributed by atoms with Crippen molar-refractivity contribution >= 4 is 16.6 Å². The van der Waals surface area contributed by atoms with Gasteiger partial charge in [0.25, 0.3) is 5.69 Å². The Hall–Kier alpha value is -2.74. The number of hydrogen-bond acceptors (Lipinski definition) is 6. The molecule has 0 aliphatic rings. The van der Waals surface area contributed by atoms with Gasteiger partial charge < -0.3 is 10.2 Å². The first-order chi connectivity index (χ1) is 10.1. The van der Waals surface area contributed by atoms with Crippen LogP contribution in [0.25, 0.3) is 21.3 Å². The molecule has 1 aromatic heterocycles. The van der Waals surface area contributed by atoms with Gasteiger partial charge in [0.2, 0.25) is 0 Å². The van der Waals surface area contributed by atoms with Crippen molar-refractivity contribution in [2.24, 2.45) is 5.11 Å². The lowest BCUT2D eigenvalue weighted by atomic mass is 10.00. The number of aromatic nitrogens is 1. The van der Waals surface area contributed by atoms with E-state index in [9.17, 15) is 20.3 Å². The quantitative estimate of drug-likeness (QED) is 0.283. The van der Waals surface area contributed by atoms with Gasteiger partial charge in [-0.2, -0.15) is 0 Å². The molecule has 0 bridgehead atoms. The number of aliphatic hydroxyl groups excluding tert-OH is 2. The predicted octanol–water partition coefficient (Wildman–Crippen LogP) is 1.85. The van der Waals surface area contributed by atoms with Gasteiger partial charge in [-0.05, 0) is 23.7 Å². The summed E-state index contributed by atoms with van der Waals surface area (Å²) in [7, 11) is 0. The molecule has 2 unspecified atom stereocenters. The van der Waals surface area contributed by atoms with Crippen molar-refractivity contribution in [2.75, 3.05) is 6.54 Å². The summed E-state index contributed by atoms with van der Waals surface area (Å²) in [6.45, 7) is -0.316. The number of pyridine rings is 1. The number of nitro groups is 1. The van der Waals surface area contributed by atoms with Crippen molar-refractivity contribution in [3.63, 3.8) is 0 Å². The number of nitrogens with zero attached hydrogens (tertiary/aromatic N) is 5. The molecule has 9 heteroatoms. The highest BCUT2D eigenvalue weighted by atomic mass is 16.6. The Bertz CT molecular complexity index is 729. The standard InChI is InChI=1S/C12H11N5O4/c13-16-15-6-10(18)12(19)8-3-4-9(17(20)21)7-2-1-5-14-11(7)8/h1-5,10,12,18-19H,6H2. The van der Waals surface area contributed by atoms with Crippen LogP contribution < -0.4 is 0 Å². The van der Waals surface area contributed by atoms with E-state index in [1.165, 1.54) is 24.4 Å². The van der Waals surface area contributed by atoms with Gasteiger partial charge in [0, 0.05) is 22.7 Å². The zero-order valence-corrected chi connectivity index (χ0v) is 10.7. The van der Waals surface area contributed by atoms with Gasteiger partial charge in [-0.25, -0.2) is 0 Å². The van der Waals surface area contributed by atoms with E-state index >= 15 is 0 Å². The molecule has 21 heavy (non-hydrogen) atoms. The van der Waals surface area contributed by atoms with Crippen LogP contribution in [0, 0.1) is 10.1 Å². The Kier molecular flexibility index (Phi) is 4.29. The average molecular weight is 289 g/mol. The second-order valence-electron chi connectivity index (χ2n) is 4.26. The van der Waals surface area contributed by atoms with Gasteiger partial charge in [0.1, 0.15) is 6.10 Å². The van der Waals surface area contributed by atoms with Gasteiger partial charge in [-0.15, -0.1) is 0 Å². The van der Waals surface area contributed by atoms with Crippen LogP contribution in [0.15, 0.2) is 35.6 Å². The Morgan fingerprint density at radius 1 is 1.43 bits per heavy atom. The lowest BCUT2D eigenvalue weighted by Crippen LogP contribution is -2.21. The van der Waals surface area contributed by atoms with Crippen LogP contribution in [0.3, 0.4) is 0 Å². The summed E-state index contributed by atoms with van der Waals surface area (Å²) < 4.78 is 0. The summed E-state index contributed by atoms with van der Waals surface area (Å²) in [6, 6.07) is 5.62. The summed E-state index contributed by atoms with van der Waals surface area (Å²) in [5, 5.41) is 34.3. The zero-order valence-electron chi connectivity index (χ0n) is 10.7. The molecule has 0 saturated heterocycles. The van der Waals surface area contributed by atoms with Crippen molar-refractivity contribution < 1.29 is 15.1 Å². The molecular weight excluding hydrogens is 278 g/mol. The van der Waals surface area contributed by atoms with Gasteiger partial charge in [0.15, 0.2) is 0 Å². The molecule has 0 amide bonds. The van der Waals surface area contributed by atoms with Crippen LogP contribution in [0.1, 0.15) is 11.7 Å². The van der Waals surface area contributed by atoms with E-state index in [0.717, 1.165) is 0 Å². The number of non-ortho nitro benzene ring substituents is 1. The minimum atomic E-state index is -1.37. The van der Waals surface area contributed by atoms with Crippen LogP contribution in [0.4, 0.5) is 5.69 Å². The average Bonchev–Trinajstić information content (AvgIpc) is 2.50. The van der Waals surface area contributed by atoms with Crippen molar-refractivity contribution in [3.05, 3.63) is 56.6 Å². The van der Waals surface area contributed by atoms with Gasteiger partial charge >= 0.3 is 0 Å². The fraction of sp³-hybridized carbons (Fsp3) is 0.250. The number of rotatable bonds is 5. The number of benzene rings is 1.